The zero-order chi connectivity index (χ0) is 13.1. The Balaban J connectivity index is 2.13. The summed E-state index contributed by atoms with van der Waals surface area (Å²) < 4.78 is 0. The monoisotopic (exact) mass is 248 g/mol. The van der Waals surface area contributed by atoms with Crippen molar-refractivity contribution in [1.82, 2.24) is 10.2 Å². The van der Waals surface area contributed by atoms with Crippen molar-refractivity contribution in [1.29, 1.82) is 0 Å². The first-order valence-electron chi connectivity index (χ1n) is 6.43. The first-order chi connectivity index (χ1) is 8.63. The molecule has 1 aliphatic heterocycles. The molecule has 0 spiro atoms. The van der Waals surface area contributed by atoms with E-state index in [4.69, 9.17) is 0 Å². The molecule has 1 heterocycles. The number of phenolic OH excluding ortho intramolecular Hbond substituents is 1. The highest BCUT2D eigenvalue weighted by Gasteiger charge is 2.31. The third kappa shape index (κ3) is 2.48. The average molecular weight is 248 g/mol. The highest BCUT2D eigenvalue weighted by molar-refractivity contribution is 5.80. The smallest absolute Gasteiger partial charge is 0.228 e. The molecule has 0 aromatic heterocycles. The molecular formula is C14H20N2O2. The Labute approximate surface area is 108 Å². The lowest BCUT2D eigenvalue weighted by Gasteiger charge is -2.35. The van der Waals surface area contributed by atoms with E-state index >= 15 is 0 Å². The molecule has 1 amide bonds. The zero-order valence-corrected chi connectivity index (χ0v) is 10.9. The number of nitrogens with one attached hydrogen (secondary N) is 1. The molecular weight excluding hydrogens is 228 g/mol. The Hall–Kier alpha value is -1.55. The fourth-order valence-corrected chi connectivity index (χ4v) is 2.28. The molecule has 1 aromatic carbocycles. The van der Waals surface area contributed by atoms with E-state index in [9.17, 15) is 9.90 Å². The van der Waals surface area contributed by atoms with Crippen LogP contribution in [0.15, 0.2) is 24.3 Å². The van der Waals surface area contributed by atoms with Gasteiger partial charge in [0.2, 0.25) is 5.91 Å². The predicted molar refractivity (Wildman–Crippen MR) is 70.3 cm³/mol. The minimum Gasteiger partial charge on any atom is -0.508 e. The SMILES string of the molecule is CCN(C(=O)C1CNC1)C(C)c1cccc(O)c1. The van der Waals surface area contributed by atoms with E-state index in [2.05, 4.69) is 5.32 Å². The van der Waals surface area contributed by atoms with Crippen molar-refractivity contribution in [3.8, 4) is 5.75 Å². The number of carbonyl (C=O) groups is 1. The number of carbonyl (C=O) groups excluding carboxylic acids is 1. The van der Waals surface area contributed by atoms with Crippen LogP contribution in [-0.2, 0) is 4.79 Å². The first kappa shape index (κ1) is 12.9. The van der Waals surface area contributed by atoms with E-state index in [1.165, 1.54) is 0 Å². The van der Waals surface area contributed by atoms with Crippen molar-refractivity contribution in [3.63, 3.8) is 0 Å². The predicted octanol–water partition coefficient (Wildman–Crippen LogP) is 1.52. The lowest BCUT2D eigenvalue weighted by atomic mass is 9.99. The maximum atomic E-state index is 12.3. The lowest BCUT2D eigenvalue weighted by molar-refractivity contribution is -0.139. The molecule has 1 saturated heterocycles. The van der Waals surface area contributed by atoms with Gasteiger partial charge in [-0.05, 0) is 31.5 Å². The standard InChI is InChI=1S/C14H20N2O2/c1-3-16(14(18)12-8-15-9-12)10(2)11-5-4-6-13(17)7-11/h4-7,10,12,15,17H,3,8-9H2,1-2H3. The van der Waals surface area contributed by atoms with Gasteiger partial charge in [-0.15, -0.1) is 0 Å². The van der Waals surface area contributed by atoms with Gasteiger partial charge in [0, 0.05) is 19.6 Å². The normalized spacial score (nSPS) is 17.0. The molecule has 4 nitrogen and oxygen atoms in total. The fraction of sp³-hybridized carbons (Fsp3) is 0.500. The second-order valence-electron chi connectivity index (χ2n) is 4.75. The van der Waals surface area contributed by atoms with Gasteiger partial charge in [0.1, 0.15) is 5.75 Å². The van der Waals surface area contributed by atoms with Crippen LogP contribution in [0.4, 0.5) is 0 Å². The molecule has 1 atom stereocenters. The van der Waals surface area contributed by atoms with Crippen LogP contribution in [-0.4, -0.2) is 35.5 Å². The second-order valence-corrected chi connectivity index (χ2v) is 4.75. The quantitative estimate of drug-likeness (QED) is 0.849. The highest BCUT2D eigenvalue weighted by Crippen LogP contribution is 2.25. The average Bonchev–Trinajstić information content (AvgIpc) is 2.27. The summed E-state index contributed by atoms with van der Waals surface area (Å²) in [6, 6.07) is 7.11. The van der Waals surface area contributed by atoms with Gasteiger partial charge >= 0.3 is 0 Å². The summed E-state index contributed by atoms with van der Waals surface area (Å²) in [5.74, 6) is 0.560. The minimum absolute atomic E-state index is 0.00444. The molecule has 0 radical (unpaired) electrons. The Kier molecular flexibility index (Phi) is 3.87. The van der Waals surface area contributed by atoms with E-state index in [1.807, 2.05) is 30.9 Å². The van der Waals surface area contributed by atoms with E-state index in [-0.39, 0.29) is 23.6 Å². The molecule has 1 unspecified atom stereocenters. The number of amides is 1. The maximum Gasteiger partial charge on any atom is 0.228 e. The Morgan fingerprint density at radius 1 is 1.56 bits per heavy atom. The van der Waals surface area contributed by atoms with Crippen LogP contribution in [0.1, 0.15) is 25.5 Å². The van der Waals surface area contributed by atoms with Crippen molar-refractivity contribution >= 4 is 5.91 Å². The van der Waals surface area contributed by atoms with Gasteiger partial charge in [-0.3, -0.25) is 4.79 Å². The molecule has 2 N–H and O–H groups in total. The van der Waals surface area contributed by atoms with Gasteiger partial charge in [-0.25, -0.2) is 0 Å². The first-order valence-corrected chi connectivity index (χ1v) is 6.43. The molecule has 1 aromatic rings. The van der Waals surface area contributed by atoms with Gasteiger partial charge in [0.25, 0.3) is 0 Å². The summed E-state index contributed by atoms with van der Waals surface area (Å²) in [5.41, 5.74) is 0.970. The largest absolute Gasteiger partial charge is 0.508 e. The number of rotatable bonds is 4. The van der Waals surface area contributed by atoms with Crippen LogP contribution < -0.4 is 5.32 Å². The van der Waals surface area contributed by atoms with Gasteiger partial charge in [0.15, 0.2) is 0 Å². The number of benzene rings is 1. The van der Waals surface area contributed by atoms with Crippen LogP contribution in [0.2, 0.25) is 0 Å². The van der Waals surface area contributed by atoms with Gasteiger partial charge in [-0.2, -0.15) is 0 Å². The Morgan fingerprint density at radius 2 is 2.28 bits per heavy atom. The summed E-state index contributed by atoms with van der Waals surface area (Å²) in [5, 5.41) is 12.6. The van der Waals surface area contributed by atoms with Gasteiger partial charge < -0.3 is 15.3 Å². The molecule has 1 fully saturated rings. The molecule has 98 valence electrons. The van der Waals surface area contributed by atoms with Crippen molar-refractivity contribution < 1.29 is 9.90 Å². The molecule has 18 heavy (non-hydrogen) atoms. The highest BCUT2D eigenvalue weighted by atomic mass is 16.3. The molecule has 0 aliphatic carbocycles. The number of nitrogens with zero attached hydrogens (tertiary/aromatic N) is 1. The second kappa shape index (κ2) is 5.40. The summed E-state index contributed by atoms with van der Waals surface area (Å²) in [7, 11) is 0. The summed E-state index contributed by atoms with van der Waals surface area (Å²) >= 11 is 0. The topological polar surface area (TPSA) is 52.6 Å². The van der Waals surface area contributed by atoms with E-state index in [0.29, 0.717) is 6.54 Å². The Morgan fingerprint density at radius 3 is 2.78 bits per heavy atom. The van der Waals surface area contributed by atoms with Crippen molar-refractivity contribution in [2.45, 2.75) is 19.9 Å². The van der Waals surface area contributed by atoms with Crippen molar-refractivity contribution in [2.75, 3.05) is 19.6 Å². The minimum atomic E-state index is -0.00444. The lowest BCUT2D eigenvalue weighted by Crippen LogP contribution is -2.52. The van der Waals surface area contributed by atoms with Crippen LogP contribution >= 0.6 is 0 Å². The third-order valence-electron chi connectivity index (χ3n) is 3.57. The van der Waals surface area contributed by atoms with Crippen molar-refractivity contribution in [3.05, 3.63) is 29.8 Å². The molecule has 2 rings (SSSR count). The summed E-state index contributed by atoms with van der Waals surface area (Å²) in [6.07, 6.45) is 0. The van der Waals surface area contributed by atoms with Crippen molar-refractivity contribution in [2.24, 2.45) is 5.92 Å². The van der Waals surface area contributed by atoms with Gasteiger partial charge in [-0.1, -0.05) is 12.1 Å². The maximum absolute atomic E-state index is 12.3. The summed E-state index contributed by atoms with van der Waals surface area (Å²) in [4.78, 5) is 14.2. The fourth-order valence-electron chi connectivity index (χ4n) is 2.28. The Bertz CT molecular complexity index is 430. The number of phenols is 1. The molecule has 4 heteroatoms. The zero-order valence-electron chi connectivity index (χ0n) is 10.9. The number of hydrogen-bond acceptors (Lipinski definition) is 3. The van der Waals surface area contributed by atoms with E-state index < -0.39 is 0 Å². The molecule has 0 bridgehead atoms. The molecule has 1 aliphatic rings. The third-order valence-corrected chi connectivity index (χ3v) is 3.57. The number of aromatic hydroxyl groups is 1. The molecule has 0 saturated carbocycles. The number of hydrogen-bond donors (Lipinski definition) is 2. The van der Waals surface area contributed by atoms with Crippen LogP contribution in [0.5, 0.6) is 5.75 Å². The van der Waals surface area contributed by atoms with Gasteiger partial charge in [0.05, 0.1) is 12.0 Å². The van der Waals surface area contributed by atoms with E-state index in [1.54, 1.807) is 12.1 Å². The van der Waals surface area contributed by atoms with Crippen LogP contribution in [0, 0.1) is 5.92 Å². The summed E-state index contributed by atoms with van der Waals surface area (Å²) in [6.45, 7) is 6.24. The van der Waals surface area contributed by atoms with Crippen LogP contribution in [0.3, 0.4) is 0 Å². The van der Waals surface area contributed by atoms with Crippen LogP contribution in [0.25, 0.3) is 0 Å². The van der Waals surface area contributed by atoms with E-state index in [0.717, 1.165) is 18.7 Å².